The van der Waals surface area contributed by atoms with Gasteiger partial charge in [0.25, 0.3) is 5.91 Å². The Hall–Kier alpha value is -3.52. The number of methoxy groups -OCH3 is 1. The first-order valence-electron chi connectivity index (χ1n) is 10.2. The van der Waals surface area contributed by atoms with E-state index in [-0.39, 0.29) is 44.4 Å². The van der Waals surface area contributed by atoms with Gasteiger partial charge in [-0.1, -0.05) is 0 Å². The number of hydrogen-bond acceptors (Lipinski definition) is 5. The molecule has 176 valence electrons. The largest absolute Gasteiger partial charge is 0.417 e. The Morgan fingerprint density at radius 3 is 2.64 bits per heavy atom. The van der Waals surface area contributed by atoms with Gasteiger partial charge in [-0.15, -0.1) is 0 Å². The molecule has 1 aromatic carbocycles. The summed E-state index contributed by atoms with van der Waals surface area (Å²) in [6.07, 6.45) is -2.98. The number of nitriles is 1. The number of aryl methyl sites for hydroxylation is 1. The number of ether oxygens (including phenoxy) is 1. The van der Waals surface area contributed by atoms with Crippen molar-refractivity contribution in [2.45, 2.75) is 12.2 Å². The maximum atomic E-state index is 13.4. The summed E-state index contributed by atoms with van der Waals surface area (Å²) in [5.41, 5.74) is -0.888. The van der Waals surface area contributed by atoms with Gasteiger partial charge in [0.05, 0.1) is 23.8 Å². The van der Waals surface area contributed by atoms with E-state index in [0.717, 1.165) is 12.1 Å². The summed E-state index contributed by atoms with van der Waals surface area (Å²) in [6.45, 7) is 0.860. The minimum atomic E-state index is -4.69. The number of piperazine rings is 1. The molecular formula is C22H24F3N5O3. The van der Waals surface area contributed by atoms with Crippen molar-refractivity contribution in [3.05, 3.63) is 53.3 Å². The average molecular weight is 463 g/mol. The van der Waals surface area contributed by atoms with Crippen LogP contribution in [-0.2, 0) is 22.8 Å². The van der Waals surface area contributed by atoms with E-state index < -0.39 is 29.3 Å². The molecule has 0 bridgehead atoms. The van der Waals surface area contributed by atoms with E-state index in [4.69, 9.17) is 10.00 Å². The third-order valence-electron chi connectivity index (χ3n) is 5.51. The van der Waals surface area contributed by atoms with Crippen LogP contribution in [0.15, 0.2) is 36.5 Å². The van der Waals surface area contributed by atoms with Crippen molar-refractivity contribution in [2.24, 2.45) is 7.05 Å². The average Bonchev–Trinajstić information content (AvgIpc) is 3.23. The fraction of sp³-hybridized carbons (Fsp3) is 0.409. The van der Waals surface area contributed by atoms with E-state index in [1.54, 1.807) is 40.9 Å². The van der Waals surface area contributed by atoms with E-state index in [9.17, 15) is 22.8 Å². The number of aromatic nitrogens is 1. The number of benzene rings is 1. The number of amides is 2. The molecule has 11 heteroatoms. The Bertz CT molecular complexity index is 1060. The highest BCUT2D eigenvalue weighted by atomic mass is 19.4. The first kappa shape index (κ1) is 24.1. The van der Waals surface area contributed by atoms with Gasteiger partial charge in [0.15, 0.2) is 0 Å². The van der Waals surface area contributed by atoms with Crippen molar-refractivity contribution < 1.29 is 27.5 Å². The number of nitrogens with zero attached hydrogens (tertiary/aromatic N) is 4. The Morgan fingerprint density at radius 1 is 1.27 bits per heavy atom. The summed E-state index contributed by atoms with van der Waals surface area (Å²) in [6, 6.07) is 7.44. The normalized spacial score (nSPS) is 16.4. The van der Waals surface area contributed by atoms with Crippen LogP contribution in [0.3, 0.4) is 0 Å². The molecule has 1 fully saturated rings. The highest BCUT2D eigenvalue weighted by molar-refractivity contribution is 5.97. The van der Waals surface area contributed by atoms with Crippen LogP contribution in [0.4, 0.5) is 18.9 Å². The van der Waals surface area contributed by atoms with Crippen molar-refractivity contribution >= 4 is 17.5 Å². The van der Waals surface area contributed by atoms with Gasteiger partial charge in [0.1, 0.15) is 11.7 Å². The van der Waals surface area contributed by atoms with Gasteiger partial charge in [-0.25, -0.2) is 0 Å². The van der Waals surface area contributed by atoms with Gasteiger partial charge in [-0.3, -0.25) is 9.59 Å². The number of anilines is 1. The van der Waals surface area contributed by atoms with Crippen molar-refractivity contribution in [3.8, 4) is 6.07 Å². The number of carbonyl (C=O) groups excluding carboxylic acids is 2. The molecule has 1 aliphatic heterocycles. The molecule has 1 N–H and O–H groups in total. The molecule has 2 heterocycles. The van der Waals surface area contributed by atoms with Gasteiger partial charge in [-0.2, -0.15) is 18.4 Å². The number of hydrogen-bond donors (Lipinski definition) is 1. The van der Waals surface area contributed by atoms with Crippen molar-refractivity contribution in [3.63, 3.8) is 0 Å². The smallest absolute Gasteiger partial charge is 0.383 e. The summed E-state index contributed by atoms with van der Waals surface area (Å²) in [7, 11) is 3.20. The molecular weight excluding hydrogens is 439 g/mol. The lowest BCUT2D eigenvalue weighted by Gasteiger charge is -2.41. The number of nitrogens with one attached hydrogen (secondary N) is 1. The predicted molar refractivity (Wildman–Crippen MR) is 113 cm³/mol. The Labute approximate surface area is 189 Å². The van der Waals surface area contributed by atoms with Crippen LogP contribution in [0.2, 0.25) is 0 Å². The SMILES string of the molecule is COCCNC(=O)C1CN(c2ccc(C#N)c(C(F)(F)F)c2)CCN1C(=O)c1cccn1C. The van der Waals surface area contributed by atoms with Crippen LogP contribution in [0.25, 0.3) is 0 Å². The van der Waals surface area contributed by atoms with Crippen LogP contribution in [0, 0.1) is 11.3 Å². The molecule has 1 atom stereocenters. The van der Waals surface area contributed by atoms with Crippen LogP contribution in [0.1, 0.15) is 21.6 Å². The minimum Gasteiger partial charge on any atom is -0.383 e. The molecule has 2 amide bonds. The van der Waals surface area contributed by atoms with Crippen molar-refractivity contribution in [1.29, 1.82) is 5.26 Å². The standard InChI is InChI=1S/C22H24F3N5O3/c1-28-8-3-4-18(28)21(32)30-10-9-29(14-19(30)20(31)27-7-11-33-2)16-6-5-15(13-26)17(12-16)22(23,24)25/h3-6,8,12,19H,7,9-11,14H2,1-2H3,(H,27,31). The zero-order valence-corrected chi connectivity index (χ0v) is 18.2. The highest BCUT2D eigenvalue weighted by Gasteiger charge is 2.38. The Kier molecular flexibility index (Phi) is 7.28. The summed E-state index contributed by atoms with van der Waals surface area (Å²) in [4.78, 5) is 29.1. The second-order valence-corrected chi connectivity index (χ2v) is 7.59. The maximum Gasteiger partial charge on any atom is 0.417 e. The maximum absolute atomic E-state index is 13.4. The monoisotopic (exact) mass is 463 g/mol. The lowest BCUT2D eigenvalue weighted by Crippen LogP contribution is -2.61. The van der Waals surface area contributed by atoms with Gasteiger partial charge in [-0.05, 0) is 30.3 Å². The van der Waals surface area contributed by atoms with Gasteiger partial charge >= 0.3 is 6.18 Å². The second-order valence-electron chi connectivity index (χ2n) is 7.59. The fourth-order valence-corrected chi connectivity index (χ4v) is 3.77. The summed E-state index contributed by atoms with van der Waals surface area (Å²) in [5.74, 6) is -0.770. The van der Waals surface area contributed by atoms with Gasteiger partial charge in [0.2, 0.25) is 5.91 Å². The van der Waals surface area contributed by atoms with Crippen LogP contribution in [-0.4, -0.2) is 67.2 Å². The third kappa shape index (κ3) is 5.28. The summed E-state index contributed by atoms with van der Waals surface area (Å²) < 4.78 is 46.9. The predicted octanol–water partition coefficient (Wildman–Crippen LogP) is 2.01. The lowest BCUT2D eigenvalue weighted by molar-refractivity contribution is -0.137. The second kappa shape index (κ2) is 9.95. The van der Waals surface area contributed by atoms with E-state index in [0.29, 0.717) is 5.69 Å². The van der Waals surface area contributed by atoms with Crippen LogP contribution in [0.5, 0.6) is 0 Å². The molecule has 3 rings (SSSR count). The Morgan fingerprint density at radius 2 is 2.03 bits per heavy atom. The molecule has 1 saturated heterocycles. The fourth-order valence-electron chi connectivity index (χ4n) is 3.77. The molecule has 0 spiro atoms. The van der Waals surface area contributed by atoms with E-state index in [1.165, 1.54) is 18.1 Å². The molecule has 1 aromatic heterocycles. The van der Waals surface area contributed by atoms with Crippen LogP contribution >= 0.6 is 0 Å². The lowest BCUT2D eigenvalue weighted by atomic mass is 10.0. The zero-order valence-electron chi connectivity index (χ0n) is 18.2. The molecule has 33 heavy (non-hydrogen) atoms. The number of alkyl halides is 3. The van der Waals surface area contributed by atoms with E-state index >= 15 is 0 Å². The van der Waals surface area contributed by atoms with E-state index in [2.05, 4.69) is 5.32 Å². The van der Waals surface area contributed by atoms with Gasteiger partial charge in [0, 0.05) is 52.2 Å². The van der Waals surface area contributed by atoms with Crippen LogP contribution < -0.4 is 10.2 Å². The molecule has 0 aliphatic carbocycles. The van der Waals surface area contributed by atoms with Crippen molar-refractivity contribution in [2.75, 3.05) is 44.8 Å². The van der Waals surface area contributed by atoms with Crippen molar-refractivity contribution in [1.82, 2.24) is 14.8 Å². The molecule has 8 nitrogen and oxygen atoms in total. The number of halogens is 3. The molecule has 1 aliphatic rings. The first-order chi connectivity index (χ1) is 15.7. The van der Waals surface area contributed by atoms with Gasteiger partial charge < -0.3 is 24.4 Å². The number of rotatable bonds is 6. The third-order valence-corrected chi connectivity index (χ3v) is 5.51. The quantitative estimate of drug-likeness (QED) is 0.662. The summed E-state index contributed by atoms with van der Waals surface area (Å²) >= 11 is 0. The molecule has 2 aromatic rings. The van der Waals surface area contributed by atoms with E-state index in [1.807, 2.05) is 0 Å². The molecule has 1 unspecified atom stereocenters. The summed E-state index contributed by atoms with van der Waals surface area (Å²) in [5, 5.41) is 11.7. The molecule has 0 saturated carbocycles. The minimum absolute atomic E-state index is 0.00181. The number of carbonyl (C=O) groups is 2. The Balaban J connectivity index is 1.90. The first-order valence-corrected chi connectivity index (χ1v) is 10.2. The molecule has 0 radical (unpaired) electrons. The highest BCUT2D eigenvalue weighted by Crippen LogP contribution is 2.35. The topological polar surface area (TPSA) is 90.6 Å². The zero-order chi connectivity index (χ0) is 24.2.